The van der Waals surface area contributed by atoms with E-state index >= 15 is 0 Å². The molecule has 0 fully saturated rings. The maximum atomic E-state index is 12.5. The van der Waals surface area contributed by atoms with E-state index in [1.807, 2.05) is 20.8 Å². The third-order valence-corrected chi connectivity index (χ3v) is 5.48. The summed E-state index contributed by atoms with van der Waals surface area (Å²) in [4.78, 5) is 25.3. The highest BCUT2D eigenvalue weighted by molar-refractivity contribution is 14.1. The number of alkyl halides is 1. The summed E-state index contributed by atoms with van der Waals surface area (Å²) in [7, 11) is -2.81. The van der Waals surface area contributed by atoms with Gasteiger partial charge in [-0.15, -0.1) is 4.89 Å². The van der Waals surface area contributed by atoms with Crippen LogP contribution >= 0.6 is 30.8 Å². The fraction of sp³-hybridized carbons (Fsp3) is 0.923. The molecule has 21 heavy (non-hydrogen) atoms. The molecule has 0 radical (unpaired) electrons. The van der Waals surface area contributed by atoms with E-state index in [9.17, 15) is 9.36 Å². The SMILES string of the molecule is CC(C)(C)CC(I)(C(=O)OCCOO[P+](=O)O)C(C)(C)C. The van der Waals surface area contributed by atoms with Gasteiger partial charge in [0.2, 0.25) is 0 Å². The van der Waals surface area contributed by atoms with E-state index in [4.69, 9.17) is 9.63 Å². The smallest absolute Gasteiger partial charge is 0.462 e. The van der Waals surface area contributed by atoms with Crippen molar-refractivity contribution in [3.63, 3.8) is 0 Å². The van der Waals surface area contributed by atoms with E-state index in [1.54, 1.807) is 0 Å². The van der Waals surface area contributed by atoms with Gasteiger partial charge in [-0.05, 0) is 17.3 Å². The maximum Gasteiger partial charge on any atom is 0.725 e. The van der Waals surface area contributed by atoms with Crippen LogP contribution in [0.2, 0.25) is 0 Å². The highest BCUT2D eigenvalue weighted by Gasteiger charge is 2.49. The molecule has 2 atom stereocenters. The first kappa shape index (κ1) is 21.2. The van der Waals surface area contributed by atoms with E-state index < -0.39 is 11.7 Å². The summed E-state index contributed by atoms with van der Waals surface area (Å²) < 4.78 is 18.8. The minimum absolute atomic E-state index is 0.0254. The van der Waals surface area contributed by atoms with Crippen molar-refractivity contribution in [3.8, 4) is 0 Å². The highest BCUT2D eigenvalue weighted by atomic mass is 127. The van der Waals surface area contributed by atoms with Gasteiger partial charge in [0.1, 0.15) is 16.6 Å². The molecule has 6 nitrogen and oxygen atoms in total. The Morgan fingerprint density at radius 2 is 1.67 bits per heavy atom. The Morgan fingerprint density at radius 1 is 1.14 bits per heavy atom. The van der Waals surface area contributed by atoms with Gasteiger partial charge in [-0.2, -0.15) is 4.89 Å². The van der Waals surface area contributed by atoms with Crippen LogP contribution in [0.3, 0.4) is 0 Å². The Hall–Kier alpha value is 0.180. The van der Waals surface area contributed by atoms with Gasteiger partial charge in [0.05, 0.1) is 4.67 Å². The topological polar surface area (TPSA) is 82.1 Å². The number of hydrogen-bond acceptors (Lipinski definition) is 5. The van der Waals surface area contributed by atoms with Crippen LogP contribution in [0.1, 0.15) is 48.0 Å². The van der Waals surface area contributed by atoms with Crippen LogP contribution in [0.15, 0.2) is 0 Å². The number of ether oxygens (including phenoxy) is 1. The maximum absolute atomic E-state index is 12.5. The second kappa shape index (κ2) is 8.15. The zero-order valence-electron chi connectivity index (χ0n) is 13.4. The summed E-state index contributed by atoms with van der Waals surface area (Å²) in [6.45, 7) is 12.1. The summed E-state index contributed by atoms with van der Waals surface area (Å²) >= 11 is 2.17. The summed E-state index contributed by atoms with van der Waals surface area (Å²) in [5.74, 6) is -0.317. The molecule has 0 bridgehead atoms. The molecule has 0 aliphatic carbocycles. The molecule has 0 rings (SSSR count). The van der Waals surface area contributed by atoms with Crippen molar-refractivity contribution in [1.29, 1.82) is 0 Å². The third-order valence-electron chi connectivity index (χ3n) is 2.80. The van der Waals surface area contributed by atoms with Crippen molar-refractivity contribution in [2.75, 3.05) is 13.2 Å². The zero-order valence-corrected chi connectivity index (χ0v) is 16.5. The molecule has 0 amide bonds. The molecule has 0 heterocycles. The van der Waals surface area contributed by atoms with E-state index in [-0.39, 0.29) is 30.0 Å². The van der Waals surface area contributed by atoms with Gasteiger partial charge in [-0.3, -0.25) is 4.79 Å². The number of esters is 1. The third kappa shape index (κ3) is 7.83. The molecular formula is C13H25IO6P+. The Labute approximate surface area is 140 Å². The molecule has 0 aromatic rings. The van der Waals surface area contributed by atoms with Crippen LogP contribution < -0.4 is 0 Å². The van der Waals surface area contributed by atoms with Crippen molar-refractivity contribution >= 4 is 36.8 Å². The summed E-state index contributed by atoms with van der Waals surface area (Å²) in [6, 6.07) is 0. The molecule has 0 saturated heterocycles. The fourth-order valence-corrected chi connectivity index (χ4v) is 3.20. The molecular weight excluding hydrogens is 410 g/mol. The van der Waals surface area contributed by atoms with Gasteiger partial charge < -0.3 is 4.74 Å². The fourth-order valence-electron chi connectivity index (χ4n) is 1.74. The number of carbonyl (C=O) groups excluding carboxylic acids is 1. The monoisotopic (exact) mass is 435 g/mol. The number of rotatable bonds is 7. The van der Waals surface area contributed by atoms with Crippen molar-refractivity contribution in [2.45, 2.75) is 51.4 Å². The van der Waals surface area contributed by atoms with Crippen LogP contribution in [0.4, 0.5) is 0 Å². The Bertz CT molecular complexity index is 374. The lowest BCUT2D eigenvalue weighted by molar-refractivity contribution is -0.216. The molecule has 0 aliphatic heterocycles. The Balaban J connectivity index is 4.65. The predicted octanol–water partition coefficient (Wildman–Crippen LogP) is 3.78. The van der Waals surface area contributed by atoms with Crippen molar-refractivity contribution in [3.05, 3.63) is 0 Å². The highest BCUT2D eigenvalue weighted by Crippen LogP contribution is 2.47. The number of carbonyl (C=O) groups is 1. The van der Waals surface area contributed by atoms with Gasteiger partial charge >= 0.3 is 14.2 Å². The van der Waals surface area contributed by atoms with Crippen molar-refractivity contribution in [2.24, 2.45) is 10.8 Å². The molecule has 0 spiro atoms. The second-order valence-corrected chi connectivity index (χ2v) is 9.53. The molecule has 2 unspecified atom stereocenters. The predicted molar refractivity (Wildman–Crippen MR) is 88.1 cm³/mol. The Kier molecular flexibility index (Phi) is 8.22. The molecule has 0 aromatic heterocycles. The van der Waals surface area contributed by atoms with Gasteiger partial charge in [-0.1, -0.05) is 64.1 Å². The van der Waals surface area contributed by atoms with Gasteiger partial charge in [0, 0.05) is 4.57 Å². The average molecular weight is 435 g/mol. The van der Waals surface area contributed by atoms with E-state index in [2.05, 4.69) is 52.9 Å². The van der Waals surface area contributed by atoms with E-state index in [1.165, 1.54) is 0 Å². The zero-order chi connectivity index (χ0) is 16.9. The number of halogens is 1. The lowest BCUT2D eigenvalue weighted by Gasteiger charge is -2.41. The standard InChI is InChI=1S/C13H24IO6P/c1-11(2,3)9-13(14,12(4,5)6)10(15)18-7-8-19-20-21(16)17/h7-9H2,1-6H3/p+1. The van der Waals surface area contributed by atoms with Crippen LogP contribution in [0.25, 0.3) is 0 Å². The lowest BCUT2D eigenvalue weighted by Crippen LogP contribution is -2.48. The first-order valence-corrected chi connectivity index (χ1v) is 8.82. The molecule has 1 N–H and O–H groups in total. The largest absolute Gasteiger partial charge is 0.725 e. The first-order valence-electron chi connectivity index (χ1n) is 6.61. The molecule has 0 aliphatic rings. The molecule has 8 heteroatoms. The van der Waals surface area contributed by atoms with Gasteiger partial charge in [0.25, 0.3) is 0 Å². The first-order chi connectivity index (χ1) is 9.29. The summed E-state index contributed by atoms with van der Waals surface area (Å²) in [6.07, 6.45) is 0.669. The minimum atomic E-state index is -2.81. The average Bonchev–Trinajstić information content (AvgIpc) is 2.23. The molecule has 0 aromatic carbocycles. The van der Waals surface area contributed by atoms with Crippen molar-refractivity contribution < 1.29 is 28.6 Å². The quantitative estimate of drug-likeness (QED) is 0.125. The second-order valence-electron chi connectivity index (χ2n) is 7.06. The van der Waals surface area contributed by atoms with Crippen LogP contribution in [0.5, 0.6) is 0 Å². The normalized spacial score (nSPS) is 16.3. The van der Waals surface area contributed by atoms with E-state index in [0.717, 1.165) is 0 Å². The lowest BCUT2D eigenvalue weighted by atomic mass is 9.72. The van der Waals surface area contributed by atoms with E-state index in [0.29, 0.717) is 6.42 Å². The molecule has 124 valence electrons. The van der Waals surface area contributed by atoms with Gasteiger partial charge in [0.15, 0.2) is 0 Å². The summed E-state index contributed by atoms with van der Waals surface area (Å²) in [5.41, 5.74) is -0.300. The Morgan fingerprint density at radius 3 is 2.05 bits per heavy atom. The van der Waals surface area contributed by atoms with Crippen molar-refractivity contribution in [1.82, 2.24) is 0 Å². The van der Waals surface area contributed by atoms with Gasteiger partial charge in [-0.25, -0.2) is 0 Å². The number of hydrogen-bond donors (Lipinski definition) is 1. The molecule has 0 saturated carbocycles. The van der Waals surface area contributed by atoms with Crippen LogP contribution in [0, 0.1) is 10.8 Å². The summed E-state index contributed by atoms with van der Waals surface area (Å²) in [5, 5.41) is 0. The van der Waals surface area contributed by atoms with Crippen LogP contribution in [-0.2, 0) is 23.7 Å². The minimum Gasteiger partial charge on any atom is -0.462 e. The van der Waals surface area contributed by atoms with Crippen LogP contribution in [-0.4, -0.2) is 27.5 Å².